The standard InChI is InChI=1S/C25H17N3OS/c26-14-20-18-9-12-30-24(18)23(29)22-19(20)13-21(28-11-4-10-27-25(22)28)17-8-3-6-15-5-1-2-7-16(15)17/h1-3,5-9,12-13,27H,4,10-11H2. The Morgan fingerprint density at radius 2 is 1.90 bits per heavy atom. The molecule has 3 aliphatic rings. The van der Waals surface area contributed by atoms with Crippen LogP contribution in [0.4, 0.5) is 5.82 Å². The Bertz CT molecular complexity index is 1530. The van der Waals surface area contributed by atoms with Crippen molar-refractivity contribution in [2.24, 2.45) is 0 Å². The van der Waals surface area contributed by atoms with Crippen LogP contribution in [-0.2, 0) is 6.54 Å². The van der Waals surface area contributed by atoms with Crippen molar-refractivity contribution in [2.45, 2.75) is 13.0 Å². The van der Waals surface area contributed by atoms with E-state index in [9.17, 15) is 10.1 Å². The Balaban J connectivity index is 1.83. The fourth-order valence-electron chi connectivity index (χ4n) is 4.69. The van der Waals surface area contributed by atoms with Gasteiger partial charge in [-0.25, -0.2) is 0 Å². The van der Waals surface area contributed by atoms with Crippen molar-refractivity contribution in [3.63, 3.8) is 0 Å². The number of benzene rings is 3. The first-order valence-corrected chi connectivity index (χ1v) is 10.9. The van der Waals surface area contributed by atoms with Gasteiger partial charge in [0.2, 0.25) is 5.43 Å². The molecule has 0 spiro atoms. The van der Waals surface area contributed by atoms with Crippen molar-refractivity contribution < 1.29 is 0 Å². The lowest BCUT2D eigenvalue weighted by Gasteiger charge is -2.29. The molecule has 2 aromatic carbocycles. The molecule has 2 aliphatic heterocycles. The van der Waals surface area contributed by atoms with E-state index in [0.717, 1.165) is 52.9 Å². The average Bonchev–Trinajstić information content (AvgIpc) is 3.28. The smallest absolute Gasteiger partial charge is 0.207 e. The average molecular weight is 407 g/mol. The molecule has 0 fully saturated rings. The van der Waals surface area contributed by atoms with Crippen LogP contribution in [0.5, 0.6) is 0 Å². The Morgan fingerprint density at radius 3 is 2.80 bits per heavy atom. The van der Waals surface area contributed by atoms with Crippen LogP contribution in [0, 0.1) is 11.3 Å². The van der Waals surface area contributed by atoms with Gasteiger partial charge in [-0.05, 0) is 34.7 Å². The van der Waals surface area contributed by atoms with Gasteiger partial charge in [0.25, 0.3) is 0 Å². The second kappa shape index (κ2) is 6.45. The second-order valence-electron chi connectivity index (χ2n) is 7.60. The summed E-state index contributed by atoms with van der Waals surface area (Å²) in [6, 6.07) is 20.9. The molecule has 0 saturated carbocycles. The Hall–Kier alpha value is -3.62. The minimum absolute atomic E-state index is 0.0108. The molecule has 5 heteroatoms. The summed E-state index contributed by atoms with van der Waals surface area (Å²) in [6.45, 7) is 1.65. The molecule has 1 aliphatic carbocycles. The highest BCUT2D eigenvalue weighted by atomic mass is 32.1. The van der Waals surface area contributed by atoms with Crippen LogP contribution >= 0.6 is 11.3 Å². The number of fused-ring (bicyclic) bond motifs is 5. The summed E-state index contributed by atoms with van der Waals surface area (Å²) in [6.07, 6.45) is 0.988. The van der Waals surface area contributed by atoms with Crippen LogP contribution in [0.2, 0.25) is 0 Å². The van der Waals surface area contributed by atoms with E-state index in [0.29, 0.717) is 15.8 Å². The molecule has 3 aromatic rings. The van der Waals surface area contributed by atoms with E-state index >= 15 is 0 Å². The lowest BCUT2D eigenvalue weighted by molar-refractivity contribution is 0.632. The third-order valence-electron chi connectivity index (χ3n) is 6.01. The van der Waals surface area contributed by atoms with E-state index in [-0.39, 0.29) is 5.43 Å². The topological polar surface area (TPSA) is 57.8 Å². The van der Waals surface area contributed by atoms with Crippen LogP contribution in [-0.4, -0.2) is 11.1 Å². The van der Waals surface area contributed by atoms with Crippen molar-refractivity contribution in [1.82, 2.24) is 4.57 Å². The molecule has 0 radical (unpaired) electrons. The van der Waals surface area contributed by atoms with E-state index in [1.54, 1.807) is 0 Å². The third kappa shape index (κ3) is 2.28. The first-order valence-electron chi connectivity index (χ1n) is 10.0. The zero-order valence-corrected chi connectivity index (χ0v) is 16.9. The predicted octanol–water partition coefficient (Wildman–Crippen LogP) is 5.68. The molecular weight excluding hydrogens is 390 g/mol. The molecule has 4 nitrogen and oxygen atoms in total. The molecule has 1 aromatic heterocycles. The van der Waals surface area contributed by atoms with Gasteiger partial charge in [-0.3, -0.25) is 4.79 Å². The maximum absolute atomic E-state index is 13.4. The number of hydrogen-bond donors (Lipinski definition) is 1. The van der Waals surface area contributed by atoms with Crippen LogP contribution in [0.15, 0.2) is 64.8 Å². The van der Waals surface area contributed by atoms with Crippen LogP contribution in [0.3, 0.4) is 0 Å². The van der Waals surface area contributed by atoms with Gasteiger partial charge in [-0.1, -0.05) is 42.5 Å². The highest BCUT2D eigenvalue weighted by molar-refractivity contribution is 7.17. The summed E-state index contributed by atoms with van der Waals surface area (Å²) in [5.74, 6) is 0.832. The quantitative estimate of drug-likeness (QED) is 0.389. The predicted molar refractivity (Wildman–Crippen MR) is 123 cm³/mol. The van der Waals surface area contributed by atoms with E-state index in [2.05, 4.69) is 46.3 Å². The van der Waals surface area contributed by atoms with Crippen molar-refractivity contribution >= 4 is 38.0 Å². The monoisotopic (exact) mass is 407 g/mol. The zero-order valence-electron chi connectivity index (χ0n) is 16.1. The van der Waals surface area contributed by atoms with Gasteiger partial charge in [0.15, 0.2) is 0 Å². The minimum Gasteiger partial charge on any atom is -0.371 e. The molecule has 0 saturated heterocycles. The summed E-state index contributed by atoms with van der Waals surface area (Å²) >= 11 is 1.41. The number of nitriles is 1. The Kier molecular flexibility index (Phi) is 3.71. The molecule has 0 amide bonds. The van der Waals surface area contributed by atoms with Crippen molar-refractivity contribution in [3.8, 4) is 28.5 Å². The molecule has 30 heavy (non-hydrogen) atoms. The first-order chi connectivity index (χ1) is 14.8. The summed E-state index contributed by atoms with van der Waals surface area (Å²) in [5, 5.41) is 18.5. The number of pyridine rings is 1. The molecular formula is C25H17N3OS. The first kappa shape index (κ1) is 17.3. The number of aromatic nitrogens is 1. The van der Waals surface area contributed by atoms with Crippen LogP contribution < -0.4 is 10.7 Å². The third-order valence-corrected chi connectivity index (χ3v) is 6.93. The fourth-order valence-corrected chi connectivity index (χ4v) is 5.54. The highest BCUT2D eigenvalue weighted by Crippen LogP contribution is 2.41. The summed E-state index contributed by atoms with van der Waals surface area (Å²) < 4.78 is 2.88. The zero-order chi connectivity index (χ0) is 20.2. The lowest BCUT2D eigenvalue weighted by atomic mass is 9.91. The largest absolute Gasteiger partial charge is 0.371 e. The molecule has 144 valence electrons. The number of nitrogens with one attached hydrogen (secondary N) is 1. The Morgan fingerprint density at radius 1 is 1.03 bits per heavy atom. The number of nitrogens with zero attached hydrogens (tertiary/aromatic N) is 2. The molecule has 6 rings (SSSR count). The summed E-state index contributed by atoms with van der Waals surface area (Å²) in [4.78, 5) is 13.4. The van der Waals surface area contributed by atoms with E-state index in [1.807, 2.05) is 29.6 Å². The van der Waals surface area contributed by atoms with Gasteiger partial charge in [0.1, 0.15) is 11.9 Å². The van der Waals surface area contributed by atoms with E-state index in [1.165, 1.54) is 16.7 Å². The SMILES string of the molecule is N#Cc1c2cc(-c3cccc4ccccc34)n3c(c-2c(=O)c2sccc12)NCCC3. The van der Waals surface area contributed by atoms with E-state index < -0.39 is 0 Å². The molecule has 0 atom stereocenters. The van der Waals surface area contributed by atoms with Crippen molar-refractivity contribution in [3.05, 3.63) is 75.8 Å². The highest BCUT2D eigenvalue weighted by Gasteiger charge is 2.27. The van der Waals surface area contributed by atoms with Gasteiger partial charge in [-0.15, -0.1) is 11.3 Å². The number of anilines is 1. The van der Waals surface area contributed by atoms with Crippen LogP contribution in [0.25, 0.3) is 43.2 Å². The van der Waals surface area contributed by atoms with Gasteiger partial charge < -0.3 is 9.88 Å². The molecule has 0 bridgehead atoms. The maximum Gasteiger partial charge on any atom is 0.207 e. The fraction of sp³-hybridized carbons (Fsp3) is 0.120. The van der Waals surface area contributed by atoms with Gasteiger partial charge in [-0.2, -0.15) is 5.26 Å². The second-order valence-corrected chi connectivity index (χ2v) is 8.52. The molecule has 1 N–H and O–H groups in total. The maximum atomic E-state index is 13.4. The van der Waals surface area contributed by atoms with Crippen molar-refractivity contribution in [2.75, 3.05) is 11.9 Å². The molecule has 0 unspecified atom stereocenters. The van der Waals surface area contributed by atoms with Gasteiger partial charge in [0.05, 0.1) is 21.5 Å². The normalized spacial score (nSPS) is 13.3. The molecule has 3 heterocycles. The number of thiophene rings is 1. The Labute approximate surface area is 177 Å². The minimum atomic E-state index is 0.0108. The number of rotatable bonds is 1. The van der Waals surface area contributed by atoms with Gasteiger partial charge in [0, 0.05) is 29.6 Å². The van der Waals surface area contributed by atoms with Crippen LogP contribution in [0.1, 0.15) is 12.0 Å². The summed E-state index contributed by atoms with van der Waals surface area (Å²) in [7, 11) is 0. The van der Waals surface area contributed by atoms with Crippen molar-refractivity contribution in [1.29, 1.82) is 5.26 Å². The summed E-state index contributed by atoms with van der Waals surface area (Å²) in [5.41, 5.74) is 4.10. The number of hydrogen-bond acceptors (Lipinski definition) is 4. The van der Waals surface area contributed by atoms with Gasteiger partial charge >= 0.3 is 0 Å². The van der Waals surface area contributed by atoms with E-state index in [4.69, 9.17) is 0 Å². The lowest BCUT2D eigenvalue weighted by Crippen LogP contribution is -2.24.